The van der Waals surface area contributed by atoms with Crippen molar-refractivity contribution >= 4 is 25.8 Å². The van der Waals surface area contributed by atoms with Gasteiger partial charge in [0.05, 0.1) is 10.2 Å². The maximum Gasteiger partial charge on any atom is 0.153 e. The fraction of sp³-hybridized carbons (Fsp3) is 0.571. The maximum absolute atomic E-state index is 11.5. The predicted molar refractivity (Wildman–Crippen MR) is 86.0 cm³/mol. The zero-order valence-corrected chi connectivity index (χ0v) is 14.4. The zero-order chi connectivity index (χ0) is 15.0. The Morgan fingerprint density at radius 1 is 1.30 bits per heavy atom. The van der Waals surface area contributed by atoms with Crippen molar-refractivity contribution < 1.29 is 13.2 Å². The van der Waals surface area contributed by atoms with Crippen LogP contribution in [0.2, 0.25) is 0 Å². The molecule has 0 radical (unpaired) electrons. The number of sulfone groups is 1. The van der Waals surface area contributed by atoms with Crippen LogP contribution in [-0.2, 0) is 16.4 Å². The standard InChI is InChI=1S/C14H22BrNO3S/c1-3-8-16-11-12-6-5-7-13(15)14(12)19-9-10-20(17,18)4-2/h5-7,16H,3-4,8-11H2,1-2H3. The fourth-order valence-corrected chi connectivity index (χ4v) is 2.82. The Morgan fingerprint density at radius 3 is 2.70 bits per heavy atom. The first-order valence-corrected chi connectivity index (χ1v) is 9.43. The van der Waals surface area contributed by atoms with Crippen molar-refractivity contribution in [1.82, 2.24) is 5.32 Å². The number of hydrogen-bond donors (Lipinski definition) is 1. The molecule has 0 aliphatic carbocycles. The van der Waals surface area contributed by atoms with Crippen LogP contribution in [0.5, 0.6) is 5.75 Å². The Hall–Kier alpha value is -0.590. The quantitative estimate of drug-likeness (QED) is 0.685. The molecule has 114 valence electrons. The van der Waals surface area contributed by atoms with Gasteiger partial charge in [-0.1, -0.05) is 26.0 Å². The molecule has 1 rings (SSSR count). The lowest BCUT2D eigenvalue weighted by molar-refractivity contribution is 0.334. The van der Waals surface area contributed by atoms with E-state index in [-0.39, 0.29) is 18.1 Å². The van der Waals surface area contributed by atoms with Crippen molar-refractivity contribution in [2.24, 2.45) is 0 Å². The van der Waals surface area contributed by atoms with Gasteiger partial charge < -0.3 is 10.1 Å². The van der Waals surface area contributed by atoms with Crippen molar-refractivity contribution in [3.05, 3.63) is 28.2 Å². The van der Waals surface area contributed by atoms with Gasteiger partial charge in [-0.05, 0) is 35.0 Å². The van der Waals surface area contributed by atoms with E-state index in [1.807, 2.05) is 18.2 Å². The Morgan fingerprint density at radius 2 is 2.05 bits per heavy atom. The van der Waals surface area contributed by atoms with E-state index in [9.17, 15) is 8.42 Å². The van der Waals surface area contributed by atoms with E-state index < -0.39 is 9.84 Å². The number of halogens is 1. The third-order valence-corrected chi connectivity index (χ3v) is 5.16. The normalized spacial score (nSPS) is 11.6. The molecule has 6 heteroatoms. The minimum Gasteiger partial charge on any atom is -0.491 e. The summed E-state index contributed by atoms with van der Waals surface area (Å²) in [5.74, 6) is 0.923. The van der Waals surface area contributed by atoms with Crippen molar-refractivity contribution in [3.63, 3.8) is 0 Å². The summed E-state index contributed by atoms with van der Waals surface area (Å²) in [6, 6.07) is 5.83. The van der Waals surface area contributed by atoms with Gasteiger partial charge in [0, 0.05) is 17.9 Å². The van der Waals surface area contributed by atoms with Gasteiger partial charge in [-0.15, -0.1) is 0 Å². The van der Waals surface area contributed by atoms with Crippen LogP contribution in [0.3, 0.4) is 0 Å². The second-order valence-corrected chi connectivity index (χ2v) is 7.82. The van der Waals surface area contributed by atoms with Gasteiger partial charge in [0.1, 0.15) is 12.4 Å². The molecule has 0 atom stereocenters. The molecule has 4 nitrogen and oxygen atoms in total. The number of benzene rings is 1. The molecule has 0 saturated carbocycles. The summed E-state index contributed by atoms with van der Waals surface area (Å²) in [6.07, 6.45) is 1.07. The number of nitrogens with one attached hydrogen (secondary N) is 1. The molecule has 1 aromatic carbocycles. The van der Waals surface area contributed by atoms with Crippen molar-refractivity contribution in [2.45, 2.75) is 26.8 Å². The maximum atomic E-state index is 11.5. The molecule has 0 aromatic heterocycles. The van der Waals surface area contributed by atoms with Gasteiger partial charge in [-0.3, -0.25) is 0 Å². The van der Waals surface area contributed by atoms with Crippen LogP contribution >= 0.6 is 15.9 Å². The second kappa shape index (κ2) is 8.64. The van der Waals surface area contributed by atoms with E-state index >= 15 is 0 Å². The molecule has 0 bridgehead atoms. The van der Waals surface area contributed by atoms with Crippen molar-refractivity contribution in [2.75, 3.05) is 24.7 Å². The highest BCUT2D eigenvalue weighted by Gasteiger charge is 2.11. The molecule has 0 heterocycles. The lowest BCUT2D eigenvalue weighted by Gasteiger charge is -2.14. The Kier molecular flexibility index (Phi) is 7.55. The summed E-state index contributed by atoms with van der Waals surface area (Å²) in [6.45, 7) is 5.59. The number of hydrogen-bond acceptors (Lipinski definition) is 4. The van der Waals surface area contributed by atoms with Crippen LogP contribution in [-0.4, -0.2) is 33.1 Å². The first kappa shape index (κ1) is 17.5. The second-order valence-electron chi connectivity index (χ2n) is 4.49. The van der Waals surface area contributed by atoms with Crippen LogP contribution in [0.25, 0.3) is 0 Å². The Labute approximate surface area is 130 Å². The van der Waals surface area contributed by atoms with E-state index in [0.717, 1.165) is 28.8 Å². The molecular formula is C14H22BrNO3S. The summed E-state index contributed by atoms with van der Waals surface area (Å²) in [7, 11) is -2.99. The summed E-state index contributed by atoms with van der Waals surface area (Å²) in [4.78, 5) is 0. The van der Waals surface area contributed by atoms with E-state index in [1.165, 1.54) is 0 Å². The fourth-order valence-electron chi connectivity index (χ4n) is 1.67. The summed E-state index contributed by atoms with van der Waals surface area (Å²) in [5, 5.41) is 3.32. The van der Waals surface area contributed by atoms with E-state index in [0.29, 0.717) is 6.54 Å². The molecule has 1 N–H and O–H groups in total. The molecule has 20 heavy (non-hydrogen) atoms. The van der Waals surface area contributed by atoms with Gasteiger partial charge in [0.2, 0.25) is 0 Å². The van der Waals surface area contributed by atoms with Gasteiger partial charge in [-0.2, -0.15) is 0 Å². The van der Waals surface area contributed by atoms with Crippen LogP contribution in [0.1, 0.15) is 25.8 Å². The van der Waals surface area contributed by atoms with Crippen LogP contribution in [0, 0.1) is 0 Å². The van der Waals surface area contributed by atoms with E-state index in [4.69, 9.17) is 4.74 Å². The highest BCUT2D eigenvalue weighted by Crippen LogP contribution is 2.29. The number of rotatable bonds is 9. The van der Waals surface area contributed by atoms with Crippen LogP contribution < -0.4 is 10.1 Å². The van der Waals surface area contributed by atoms with Crippen LogP contribution in [0.15, 0.2) is 22.7 Å². The summed E-state index contributed by atoms with van der Waals surface area (Å²) < 4.78 is 29.5. The van der Waals surface area contributed by atoms with E-state index in [1.54, 1.807) is 6.92 Å². The predicted octanol–water partition coefficient (Wildman–Crippen LogP) is 2.76. The first-order valence-electron chi connectivity index (χ1n) is 6.81. The molecule has 1 aromatic rings. The summed E-state index contributed by atoms with van der Waals surface area (Å²) in [5.41, 5.74) is 1.03. The molecule has 0 amide bonds. The molecule has 0 aliphatic heterocycles. The van der Waals surface area contributed by atoms with Gasteiger partial charge >= 0.3 is 0 Å². The molecule has 0 unspecified atom stereocenters. The van der Waals surface area contributed by atoms with Crippen LogP contribution in [0.4, 0.5) is 0 Å². The largest absolute Gasteiger partial charge is 0.491 e. The smallest absolute Gasteiger partial charge is 0.153 e. The third kappa shape index (κ3) is 5.81. The van der Waals surface area contributed by atoms with Gasteiger partial charge in [-0.25, -0.2) is 8.42 Å². The zero-order valence-electron chi connectivity index (χ0n) is 12.0. The van der Waals surface area contributed by atoms with Gasteiger partial charge in [0.15, 0.2) is 9.84 Å². The molecule has 0 fully saturated rings. The monoisotopic (exact) mass is 363 g/mol. The topological polar surface area (TPSA) is 55.4 Å². The summed E-state index contributed by atoms with van der Waals surface area (Å²) >= 11 is 3.45. The SMILES string of the molecule is CCCNCc1cccc(Br)c1OCCS(=O)(=O)CC. The average molecular weight is 364 g/mol. The number of para-hydroxylation sites is 1. The number of ether oxygens (including phenoxy) is 1. The molecule has 0 saturated heterocycles. The lowest BCUT2D eigenvalue weighted by Crippen LogP contribution is -2.18. The van der Waals surface area contributed by atoms with E-state index in [2.05, 4.69) is 28.2 Å². The van der Waals surface area contributed by atoms with Crippen molar-refractivity contribution in [3.8, 4) is 5.75 Å². The minimum atomic E-state index is -2.99. The molecule has 0 aliphatic rings. The lowest BCUT2D eigenvalue weighted by atomic mass is 10.2. The van der Waals surface area contributed by atoms with Crippen molar-refractivity contribution in [1.29, 1.82) is 0 Å². The van der Waals surface area contributed by atoms with Gasteiger partial charge in [0.25, 0.3) is 0 Å². The molecule has 0 spiro atoms. The Bertz CT molecular complexity index is 517. The first-order chi connectivity index (χ1) is 9.50. The molecular weight excluding hydrogens is 342 g/mol. The Balaban J connectivity index is 2.67. The highest BCUT2D eigenvalue weighted by molar-refractivity contribution is 9.10. The average Bonchev–Trinajstić information content (AvgIpc) is 2.42. The third-order valence-electron chi connectivity index (χ3n) is 2.87. The highest BCUT2D eigenvalue weighted by atomic mass is 79.9. The minimum absolute atomic E-state index is 0.0483.